The van der Waals surface area contributed by atoms with Crippen molar-refractivity contribution in [2.45, 2.75) is 213 Å². The molecule has 1 saturated heterocycles. The molecule has 13 unspecified atom stereocenters. The number of carbonyl (C=O) groups is 1. The molecule has 0 aromatic heterocycles. The first-order valence-electron chi connectivity index (χ1n) is 23.4. The third kappa shape index (κ3) is 11.4. The molecule has 5 aliphatic rings. The van der Waals surface area contributed by atoms with Crippen LogP contribution in [-0.2, 0) is 19.0 Å². The Kier molecular flexibility index (Phi) is 17.6. The second-order valence-corrected chi connectivity index (χ2v) is 19.8. The first kappa shape index (κ1) is 45.6. The van der Waals surface area contributed by atoms with E-state index in [2.05, 4.69) is 71.9 Å². The molecule has 0 spiro atoms. The number of ether oxygens (including phenoxy) is 3. The minimum Gasteiger partial charge on any atom is -0.463 e. The van der Waals surface area contributed by atoms with Crippen molar-refractivity contribution in [3.8, 4) is 0 Å². The molecule has 0 amide bonds. The van der Waals surface area contributed by atoms with Crippen molar-refractivity contribution in [3.05, 3.63) is 36.0 Å². The lowest BCUT2D eigenvalue weighted by atomic mass is 9.47. The summed E-state index contributed by atoms with van der Waals surface area (Å²) in [5.74, 6) is 4.41. The van der Waals surface area contributed by atoms with Crippen LogP contribution in [0.5, 0.6) is 0 Å². The van der Waals surface area contributed by atoms with E-state index in [0.29, 0.717) is 17.8 Å². The van der Waals surface area contributed by atoms with E-state index in [4.69, 9.17) is 14.2 Å². The summed E-state index contributed by atoms with van der Waals surface area (Å²) < 4.78 is 18.0. The fourth-order valence-electron chi connectivity index (χ4n) is 12.1. The van der Waals surface area contributed by atoms with Crippen molar-refractivity contribution in [2.75, 3.05) is 6.61 Å². The number of allylic oxidation sites excluding steroid dienone is 5. The third-order valence-electron chi connectivity index (χ3n) is 15.5. The van der Waals surface area contributed by atoms with Crippen molar-refractivity contribution in [3.63, 3.8) is 0 Å². The van der Waals surface area contributed by atoms with Crippen LogP contribution in [0.1, 0.15) is 176 Å². The zero-order valence-corrected chi connectivity index (χ0v) is 36.3. The lowest BCUT2D eigenvalue weighted by Gasteiger charge is -2.58. The van der Waals surface area contributed by atoms with Crippen LogP contribution in [0.4, 0.5) is 0 Å². The van der Waals surface area contributed by atoms with Gasteiger partial charge in [0.05, 0.1) is 6.10 Å². The van der Waals surface area contributed by atoms with Crippen LogP contribution in [0.2, 0.25) is 0 Å². The fourth-order valence-corrected chi connectivity index (χ4v) is 12.1. The Morgan fingerprint density at radius 1 is 0.857 bits per heavy atom. The first-order chi connectivity index (χ1) is 26.9. The first-order valence-corrected chi connectivity index (χ1v) is 23.4. The molecule has 1 aliphatic heterocycles. The zero-order chi connectivity index (χ0) is 40.3. The monoisotopic (exact) mass is 783 g/mol. The van der Waals surface area contributed by atoms with Gasteiger partial charge >= 0.3 is 5.97 Å². The lowest BCUT2D eigenvalue weighted by molar-refractivity contribution is -0.313. The van der Waals surface area contributed by atoms with Crippen LogP contribution in [0.3, 0.4) is 0 Å². The lowest BCUT2D eigenvalue weighted by Crippen LogP contribution is -2.60. The van der Waals surface area contributed by atoms with E-state index in [-0.39, 0.29) is 24.1 Å². The number of aliphatic hydroxyl groups is 3. The van der Waals surface area contributed by atoms with E-state index in [1.165, 1.54) is 56.9 Å². The molecule has 7 heteroatoms. The summed E-state index contributed by atoms with van der Waals surface area (Å²) in [5, 5.41) is 32.4. The average molecular weight is 783 g/mol. The van der Waals surface area contributed by atoms with Crippen LogP contribution in [0.15, 0.2) is 36.0 Å². The number of hydrogen-bond donors (Lipinski definition) is 3. The Hall–Kier alpha value is -1.51. The number of esters is 1. The molecule has 7 nitrogen and oxygen atoms in total. The molecule has 5 rings (SSSR count). The van der Waals surface area contributed by atoms with Crippen LogP contribution in [0.25, 0.3) is 0 Å². The highest BCUT2D eigenvalue weighted by Crippen LogP contribution is 2.67. The van der Waals surface area contributed by atoms with Gasteiger partial charge in [0.1, 0.15) is 31.0 Å². The Morgan fingerprint density at radius 2 is 1.61 bits per heavy atom. The second-order valence-electron chi connectivity index (χ2n) is 19.8. The maximum Gasteiger partial charge on any atom is 0.305 e. The summed E-state index contributed by atoms with van der Waals surface area (Å²) in [6, 6.07) is 0. The smallest absolute Gasteiger partial charge is 0.305 e. The molecule has 0 aromatic rings. The Labute approximate surface area is 341 Å². The van der Waals surface area contributed by atoms with Gasteiger partial charge in [0.2, 0.25) is 0 Å². The predicted molar refractivity (Wildman–Crippen MR) is 226 cm³/mol. The largest absolute Gasteiger partial charge is 0.463 e. The molecule has 0 aromatic carbocycles. The molecule has 320 valence electrons. The van der Waals surface area contributed by atoms with E-state index >= 15 is 0 Å². The second kappa shape index (κ2) is 21.7. The molecule has 1 heterocycles. The van der Waals surface area contributed by atoms with Crippen LogP contribution in [-0.4, -0.2) is 64.7 Å². The minimum atomic E-state index is -1.45. The number of aliphatic hydroxyl groups excluding tert-OH is 3. The fraction of sp³-hybridized carbons (Fsp3) is 0.857. The van der Waals surface area contributed by atoms with Gasteiger partial charge in [-0.05, 0) is 130 Å². The van der Waals surface area contributed by atoms with E-state index in [1.807, 2.05) is 0 Å². The van der Waals surface area contributed by atoms with Gasteiger partial charge in [-0.1, -0.05) is 122 Å². The maximum atomic E-state index is 12.6. The van der Waals surface area contributed by atoms with Crippen molar-refractivity contribution in [1.82, 2.24) is 0 Å². The quantitative estimate of drug-likeness (QED) is 0.0605. The average Bonchev–Trinajstić information content (AvgIpc) is 3.53. The summed E-state index contributed by atoms with van der Waals surface area (Å²) in [6.45, 7) is 14.4. The Morgan fingerprint density at radius 3 is 2.38 bits per heavy atom. The van der Waals surface area contributed by atoms with Gasteiger partial charge in [-0.25, -0.2) is 0 Å². The van der Waals surface area contributed by atoms with E-state index < -0.39 is 30.7 Å². The van der Waals surface area contributed by atoms with Gasteiger partial charge in [0, 0.05) is 6.42 Å². The van der Waals surface area contributed by atoms with Gasteiger partial charge in [0.15, 0.2) is 6.29 Å². The van der Waals surface area contributed by atoms with Gasteiger partial charge in [-0.3, -0.25) is 4.79 Å². The van der Waals surface area contributed by atoms with Crippen LogP contribution in [0, 0.1) is 46.3 Å². The molecule has 3 saturated carbocycles. The van der Waals surface area contributed by atoms with Crippen LogP contribution >= 0.6 is 0 Å². The minimum absolute atomic E-state index is 0.142. The Bertz CT molecular complexity index is 1290. The molecule has 13 atom stereocenters. The Balaban J connectivity index is 1.04. The van der Waals surface area contributed by atoms with Gasteiger partial charge in [-0.15, -0.1) is 0 Å². The SMILES string of the molecule is CCC/C=C\C/C=C\CCCCCCCC(=O)OCC1OC(OC2CCC3(C)C(=CCC4C3CCC3(C)C(C(C)CCCC(C)C)CCC43)C2)C(O)C(O)C1O. The highest BCUT2D eigenvalue weighted by atomic mass is 16.7. The normalized spacial score (nSPS) is 37.7. The molecular weight excluding hydrogens is 701 g/mol. The topological polar surface area (TPSA) is 105 Å². The zero-order valence-electron chi connectivity index (χ0n) is 36.3. The van der Waals surface area contributed by atoms with Crippen molar-refractivity contribution in [1.29, 1.82) is 0 Å². The number of carbonyl (C=O) groups excluding carboxylic acids is 1. The molecule has 0 bridgehead atoms. The van der Waals surface area contributed by atoms with Gasteiger partial charge in [-0.2, -0.15) is 0 Å². The molecule has 56 heavy (non-hydrogen) atoms. The number of rotatable bonds is 21. The summed E-state index contributed by atoms with van der Waals surface area (Å²) >= 11 is 0. The summed E-state index contributed by atoms with van der Waals surface area (Å²) in [4.78, 5) is 12.6. The molecule has 0 radical (unpaired) electrons. The maximum absolute atomic E-state index is 12.6. The van der Waals surface area contributed by atoms with Crippen molar-refractivity contribution < 1.29 is 34.3 Å². The number of fused-ring (bicyclic) bond motifs is 5. The summed E-state index contributed by atoms with van der Waals surface area (Å²) in [6.07, 6.45) is 28.4. The van der Waals surface area contributed by atoms with Gasteiger partial charge < -0.3 is 29.5 Å². The molecule has 4 fully saturated rings. The molecule has 3 N–H and O–H groups in total. The van der Waals surface area contributed by atoms with Crippen LogP contribution < -0.4 is 0 Å². The number of unbranched alkanes of at least 4 members (excludes halogenated alkanes) is 6. The predicted octanol–water partition coefficient (Wildman–Crippen LogP) is 10.8. The summed E-state index contributed by atoms with van der Waals surface area (Å²) in [7, 11) is 0. The van der Waals surface area contributed by atoms with E-state index in [0.717, 1.165) is 107 Å². The highest BCUT2D eigenvalue weighted by Gasteiger charge is 2.59. The van der Waals surface area contributed by atoms with E-state index in [9.17, 15) is 20.1 Å². The van der Waals surface area contributed by atoms with Crippen molar-refractivity contribution in [2.24, 2.45) is 46.3 Å². The van der Waals surface area contributed by atoms with E-state index in [1.54, 1.807) is 0 Å². The van der Waals surface area contributed by atoms with Crippen molar-refractivity contribution >= 4 is 5.97 Å². The molecule has 4 aliphatic carbocycles. The standard InChI is InChI=1S/C49H82O7/c1-7-8-9-10-11-12-13-14-15-16-17-18-19-23-43(50)54-33-42-44(51)45(52)46(53)47(56-42)55-37-28-30-48(5)36(32-37)24-25-38-40-27-26-39(35(4)22-20-21-34(2)3)49(40,6)31-29-41(38)48/h9-10,12-13,24,34-35,37-42,44-47,51-53H,7-8,11,14-23,25-33H2,1-6H3/b10-9-,13-12-. The molecular formula is C49H82O7. The number of hydrogen-bond acceptors (Lipinski definition) is 7. The summed E-state index contributed by atoms with van der Waals surface area (Å²) in [5.41, 5.74) is 2.13. The highest BCUT2D eigenvalue weighted by molar-refractivity contribution is 5.69. The third-order valence-corrected chi connectivity index (χ3v) is 15.5. The van der Waals surface area contributed by atoms with Gasteiger partial charge in [0.25, 0.3) is 0 Å².